The molecule has 2 aromatic carbocycles. The Morgan fingerprint density at radius 2 is 2.04 bits per heavy atom. The quantitative estimate of drug-likeness (QED) is 0.759. The van der Waals surface area contributed by atoms with Crippen molar-refractivity contribution < 1.29 is 14.3 Å². The minimum Gasteiger partial charge on any atom is -0.455 e. The van der Waals surface area contributed by atoms with E-state index in [0.29, 0.717) is 35.3 Å². The zero-order chi connectivity index (χ0) is 18.5. The van der Waals surface area contributed by atoms with Crippen molar-refractivity contribution in [1.29, 1.82) is 0 Å². The van der Waals surface area contributed by atoms with E-state index in [1.807, 2.05) is 31.2 Å². The smallest absolute Gasteiger partial charge is 0.281 e. The summed E-state index contributed by atoms with van der Waals surface area (Å²) < 4.78 is 5.87. The van der Waals surface area contributed by atoms with E-state index in [0.717, 1.165) is 11.3 Å². The van der Waals surface area contributed by atoms with Gasteiger partial charge in [-0.25, -0.2) is 0 Å². The van der Waals surface area contributed by atoms with Gasteiger partial charge in [0.1, 0.15) is 5.75 Å². The van der Waals surface area contributed by atoms with Gasteiger partial charge in [-0.3, -0.25) is 9.59 Å². The highest BCUT2D eigenvalue weighted by atomic mass is 35.5. The Balaban J connectivity index is 1.66. The third-order valence-corrected chi connectivity index (χ3v) is 5.05. The molecule has 1 heterocycles. The highest BCUT2D eigenvalue weighted by Crippen LogP contribution is 2.32. The van der Waals surface area contributed by atoms with Crippen LogP contribution < -0.4 is 10.1 Å². The van der Waals surface area contributed by atoms with Gasteiger partial charge in [0.05, 0.1) is 5.69 Å². The Kier molecular flexibility index (Phi) is 6.06. The summed E-state index contributed by atoms with van der Waals surface area (Å²) in [5.41, 5.74) is 1.64. The van der Waals surface area contributed by atoms with E-state index < -0.39 is 0 Å². The topological polar surface area (TPSA) is 58.6 Å². The molecule has 2 aromatic rings. The van der Waals surface area contributed by atoms with E-state index in [9.17, 15) is 9.59 Å². The standard InChI is InChI=1S/C19H19ClN2O3S/c1-13-2-5-15(6-3-13)25-17-7-4-14(20)12-16(17)21-18(23)8-9-22-10-11-26-19(22)24/h2-7,12H,8-11H2,1H3,(H,21,23). The number of benzene rings is 2. The van der Waals surface area contributed by atoms with Crippen molar-refractivity contribution in [2.75, 3.05) is 24.2 Å². The predicted molar refractivity (Wildman–Crippen MR) is 105 cm³/mol. The molecule has 1 saturated heterocycles. The van der Waals surface area contributed by atoms with Crippen molar-refractivity contribution in [2.45, 2.75) is 13.3 Å². The zero-order valence-corrected chi connectivity index (χ0v) is 15.9. The summed E-state index contributed by atoms with van der Waals surface area (Å²) in [5, 5.41) is 3.36. The van der Waals surface area contributed by atoms with Gasteiger partial charge in [0.2, 0.25) is 5.91 Å². The summed E-state index contributed by atoms with van der Waals surface area (Å²) >= 11 is 7.35. The summed E-state index contributed by atoms with van der Waals surface area (Å²) in [6.45, 7) is 3.10. The number of nitrogens with zero attached hydrogens (tertiary/aromatic N) is 1. The van der Waals surface area contributed by atoms with Gasteiger partial charge >= 0.3 is 0 Å². The molecular formula is C19H19ClN2O3S. The lowest BCUT2D eigenvalue weighted by Gasteiger charge is -2.15. The molecule has 2 amide bonds. The summed E-state index contributed by atoms with van der Waals surface area (Å²) in [6, 6.07) is 12.7. The van der Waals surface area contributed by atoms with Crippen LogP contribution in [0.2, 0.25) is 5.02 Å². The van der Waals surface area contributed by atoms with E-state index >= 15 is 0 Å². The Labute approximate surface area is 161 Å². The number of aryl methyl sites for hydroxylation is 1. The highest BCUT2D eigenvalue weighted by molar-refractivity contribution is 8.13. The Morgan fingerprint density at radius 1 is 1.27 bits per heavy atom. The van der Waals surface area contributed by atoms with Crippen LogP contribution in [0.1, 0.15) is 12.0 Å². The molecule has 3 rings (SSSR count). The highest BCUT2D eigenvalue weighted by Gasteiger charge is 2.21. The van der Waals surface area contributed by atoms with Crippen LogP contribution in [-0.2, 0) is 4.79 Å². The number of carbonyl (C=O) groups excluding carboxylic acids is 2. The molecule has 0 unspecified atom stereocenters. The summed E-state index contributed by atoms with van der Waals surface area (Å²) in [6.07, 6.45) is 0.225. The van der Waals surface area contributed by atoms with Gasteiger partial charge < -0.3 is 15.0 Å². The molecule has 26 heavy (non-hydrogen) atoms. The maximum atomic E-state index is 12.3. The van der Waals surface area contributed by atoms with Gasteiger partial charge in [-0.2, -0.15) is 0 Å². The Morgan fingerprint density at radius 3 is 2.73 bits per heavy atom. The third kappa shape index (κ3) is 4.93. The number of anilines is 1. The number of hydrogen-bond donors (Lipinski definition) is 1. The van der Waals surface area contributed by atoms with Gasteiger partial charge in [-0.1, -0.05) is 41.1 Å². The molecule has 0 atom stereocenters. The van der Waals surface area contributed by atoms with Crippen LogP contribution in [0.15, 0.2) is 42.5 Å². The minimum absolute atomic E-state index is 0.0314. The van der Waals surface area contributed by atoms with E-state index in [-0.39, 0.29) is 17.6 Å². The van der Waals surface area contributed by atoms with Crippen LogP contribution in [0.4, 0.5) is 10.5 Å². The van der Waals surface area contributed by atoms with Crippen LogP contribution in [0, 0.1) is 6.92 Å². The number of rotatable bonds is 6. The van der Waals surface area contributed by atoms with Crippen molar-refractivity contribution in [2.24, 2.45) is 0 Å². The molecule has 0 spiro atoms. The second-order valence-corrected chi connectivity index (χ2v) is 7.44. The molecule has 0 saturated carbocycles. The van der Waals surface area contributed by atoms with Gasteiger partial charge in [0, 0.05) is 30.3 Å². The molecule has 1 N–H and O–H groups in total. The average Bonchev–Trinajstić information content (AvgIpc) is 3.02. The van der Waals surface area contributed by atoms with Crippen LogP contribution in [-0.4, -0.2) is 34.9 Å². The van der Waals surface area contributed by atoms with Crippen LogP contribution in [0.3, 0.4) is 0 Å². The monoisotopic (exact) mass is 390 g/mol. The van der Waals surface area contributed by atoms with Crippen LogP contribution in [0.25, 0.3) is 0 Å². The average molecular weight is 391 g/mol. The molecule has 0 bridgehead atoms. The van der Waals surface area contributed by atoms with E-state index in [2.05, 4.69) is 5.32 Å². The summed E-state index contributed by atoms with van der Waals surface area (Å²) in [4.78, 5) is 25.6. The summed E-state index contributed by atoms with van der Waals surface area (Å²) in [5.74, 6) is 1.78. The molecule has 0 aromatic heterocycles. The maximum absolute atomic E-state index is 12.3. The molecule has 7 heteroatoms. The molecule has 1 fully saturated rings. The van der Waals surface area contributed by atoms with E-state index in [1.54, 1.807) is 23.1 Å². The van der Waals surface area contributed by atoms with Crippen LogP contribution >= 0.6 is 23.4 Å². The molecule has 1 aliphatic rings. The Hall–Kier alpha value is -2.18. The lowest BCUT2D eigenvalue weighted by atomic mass is 10.2. The number of nitrogens with one attached hydrogen (secondary N) is 1. The number of carbonyl (C=O) groups is 2. The summed E-state index contributed by atoms with van der Waals surface area (Å²) in [7, 11) is 0. The third-order valence-electron chi connectivity index (χ3n) is 3.92. The Bertz CT molecular complexity index is 811. The zero-order valence-electron chi connectivity index (χ0n) is 14.3. The second-order valence-electron chi connectivity index (χ2n) is 5.96. The predicted octanol–water partition coefficient (Wildman–Crippen LogP) is 4.94. The normalized spacial score (nSPS) is 13.8. The first-order valence-electron chi connectivity index (χ1n) is 8.27. The van der Waals surface area contributed by atoms with Crippen molar-refractivity contribution in [3.63, 3.8) is 0 Å². The van der Waals surface area contributed by atoms with Gasteiger partial charge in [0.25, 0.3) is 5.24 Å². The number of ether oxygens (including phenoxy) is 1. The van der Waals surface area contributed by atoms with Crippen molar-refractivity contribution in [3.8, 4) is 11.5 Å². The molecule has 0 aliphatic carbocycles. The first-order valence-corrected chi connectivity index (χ1v) is 9.63. The fraction of sp³-hybridized carbons (Fsp3) is 0.263. The first kappa shape index (κ1) is 18.6. The number of thioether (sulfide) groups is 1. The molecule has 0 radical (unpaired) electrons. The van der Waals surface area contributed by atoms with Gasteiger partial charge in [-0.05, 0) is 37.3 Å². The molecule has 5 nitrogen and oxygen atoms in total. The van der Waals surface area contributed by atoms with Crippen LogP contribution in [0.5, 0.6) is 11.5 Å². The fourth-order valence-corrected chi connectivity index (χ4v) is 3.52. The molecule has 136 valence electrons. The second kappa shape index (κ2) is 8.47. The SMILES string of the molecule is Cc1ccc(Oc2ccc(Cl)cc2NC(=O)CCN2CCSC2=O)cc1. The lowest BCUT2D eigenvalue weighted by molar-refractivity contribution is -0.116. The van der Waals surface area contributed by atoms with E-state index in [1.165, 1.54) is 11.8 Å². The lowest BCUT2D eigenvalue weighted by Crippen LogP contribution is -2.27. The van der Waals surface area contributed by atoms with Gasteiger partial charge in [0.15, 0.2) is 5.75 Å². The largest absolute Gasteiger partial charge is 0.455 e. The van der Waals surface area contributed by atoms with Crippen molar-refractivity contribution in [3.05, 3.63) is 53.1 Å². The first-order chi connectivity index (χ1) is 12.5. The maximum Gasteiger partial charge on any atom is 0.281 e. The number of halogens is 1. The van der Waals surface area contributed by atoms with Crippen molar-refractivity contribution in [1.82, 2.24) is 4.90 Å². The number of hydrogen-bond acceptors (Lipinski definition) is 4. The molecule has 1 aliphatic heterocycles. The van der Waals surface area contributed by atoms with E-state index in [4.69, 9.17) is 16.3 Å². The van der Waals surface area contributed by atoms with Crippen molar-refractivity contribution >= 4 is 40.2 Å². The number of amides is 2. The minimum atomic E-state index is -0.189. The van der Waals surface area contributed by atoms with Gasteiger partial charge in [-0.15, -0.1) is 0 Å². The fourth-order valence-electron chi connectivity index (χ4n) is 2.50. The molecular weight excluding hydrogens is 372 g/mol.